The van der Waals surface area contributed by atoms with Crippen LogP contribution in [0.1, 0.15) is 41.1 Å². The van der Waals surface area contributed by atoms with E-state index in [0.717, 1.165) is 12.8 Å². The summed E-state index contributed by atoms with van der Waals surface area (Å²) in [6.45, 7) is 4.71. The summed E-state index contributed by atoms with van der Waals surface area (Å²) in [6, 6.07) is 5.55. The van der Waals surface area contributed by atoms with Crippen LogP contribution in [0.4, 0.5) is 4.39 Å². The number of rotatable bonds is 6. The number of aryl methyl sites for hydroxylation is 2. The number of nitrogens with zero attached hydrogens (tertiary/aromatic N) is 2. The highest BCUT2D eigenvalue weighted by Crippen LogP contribution is 2.23. The topological polar surface area (TPSA) is 92.5 Å². The van der Waals surface area contributed by atoms with Crippen molar-refractivity contribution in [3.05, 3.63) is 47.1 Å². The number of carbonyl (C=O) groups excluding carboxylic acids is 1. The number of piperidine rings is 1. The summed E-state index contributed by atoms with van der Waals surface area (Å²) in [4.78, 5) is 14.3. The molecule has 2 heterocycles. The number of aromatic nitrogens is 1. The highest BCUT2D eigenvalue weighted by molar-refractivity contribution is 7.89. The van der Waals surface area contributed by atoms with Crippen molar-refractivity contribution in [1.82, 2.24) is 14.8 Å². The molecular formula is C19H24FN3O4S. The number of amides is 1. The molecule has 1 amide bonds. The van der Waals surface area contributed by atoms with Gasteiger partial charge in [-0.1, -0.05) is 5.16 Å². The largest absolute Gasteiger partial charge is 0.360 e. The minimum absolute atomic E-state index is 0.0995. The number of halogens is 1. The molecule has 1 aromatic carbocycles. The van der Waals surface area contributed by atoms with Crippen LogP contribution >= 0.6 is 0 Å². The lowest BCUT2D eigenvalue weighted by atomic mass is 9.93. The average Bonchev–Trinajstić information content (AvgIpc) is 3.01. The van der Waals surface area contributed by atoms with Crippen LogP contribution in [-0.4, -0.2) is 44.0 Å². The third-order valence-electron chi connectivity index (χ3n) is 5.07. The molecule has 0 radical (unpaired) electrons. The van der Waals surface area contributed by atoms with E-state index in [2.05, 4.69) is 9.88 Å². The van der Waals surface area contributed by atoms with Crippen molar-refractivity contribution >= 4 is 15.9 Å². The van der Waals surface area contributed by atoms with Gasteiger partial charge in [-0.3, -0.25) is 4.79 Å². The van der Waals surface area contributed by atoms with Gasteiger partial charge in [-0.2, -0.15) is 0 Å². The lowest BCUT2D eigenvalue weighted by molar-refractivity contribution is 0.0687. The minimum Gasteiger partial charge on any atom is -0.360 e. The first-order valence-corrected chi connectivity index (χ1v) is 10.7. The van der Waals surface area contributed by atoms with Crippen molar-refractivity contribution in [2.75, 3.05) is 19.6 Å². The van der Waals surface area contributed by atoms with Gasteiger partial charge in [0.15, 0.2) is 5.76 Å². The lowest BCUT2D eigenvalue weighted by Gasteiger charge is -2.32. The predicted molar refractivity (Wildman–Crippen MR) is 101 cm³/mol. The van der Waals surface area contributed by atoms with Gasteiger partial charge in [0, 0.05) is 25.2 Å². The molecule has 0 unspecified atom stereocenters. The maximum atomic E-state index is 13.0. The van der Waals surface area contributed by atoms with Crippen molar-refractivity contribution in [3.63, 3.8) is 0 Å². The van der Waals surface area contributed by atoms with E-state index in [-0.39, 0.29) is 22.4 Å². The normalized spacial score (nSPS) is 15.8. The Labute approximate surface area is 163 Å². The molecule has 0 saturated carbocycles. The Morgan fingerprint density at radius 3 is 2.46 bits per heavy atom. The molecule has 28 heavy (non-hydrogen) atoms. The Morgan fingerprint density at radius 2 is 1.89 bits per heavy atom. The molecule has 0 bridgehead atoms. The highest BCUT2D eigenvalue weighted by atomic mass is 32.2. The number of hydrogen-bond acceptors (Lipinski definition) is 5. The third-order valence-corrected chi connectivity index (χ3v) is 6.78. The van der Waals surface area contributed by atoms with Gasteiger partial charge < -0.3 is 9.42 Å². The number of sulfonamides is 1. The summed E-state index contributed by atoms with van der Waals surface area (Å²) in [7, 11) is -3.64. The number of likely N-dealkylation sites (tertiary alicyclic amines) is 1. The smallest absolute Gasteiger partial charge is 0.253 e. The fraction of sp³-hybridized carbons (Fsp3) is 0.474. The van der Waals surface area contributed by atoms with Crippen LogP contribution in [0.15, 0.2) is 33.7 Å². The number of carbonyl (C=O) groups is 1. The monoisotopic (exact) mass is 409 g/mol. The Balaban J connectivity index is 1.47. The van der Waals surface area contributed by atoms with Crippen molar-refractivity contribution in [2.24, 2.45) is 5.92 Å². The molecular weight excluding hydrogens is 385 g/mol. The van der Waals surface area contributed by atoms with Gasteiger partial charge in [0.05, 0.1) is 0 Å². The van der Waals surface area contributed by atoms with E-state index < -0.39 is 10.0 Å². The van der Waals surface area contributed by atoms with Crippen LogP contribution < -0.4 is 4.72 Å². The maximum absolute atomic E-state index is 13.0. The van der Waals surface area contributed by atoms with E-state index in [0.29, 0.717) is 43.2 Å². The van der Waals surface area contributed by atoms with Crippen LogP contribution in [0.2, 0.25) is 0 Å². The van der Waals surface area contributed by atoms with E-state index in [9.17, 15) is 17.6 Å². The summed E-state index contributed by atoms with van der Waals surface area (Å²) >= 11 is 0. The highest BCUT2D eigenvalue weighted by Gasteiger charge is 2.26. The van der Waals surface area contributed by atoms with E-state index in [1.807, 2.05) is 0 Å². The van der Waals surface area contributed by atoms with Gasteiger partial charge in [0.1, 0.15) is 16.4 Å². The van der Waals surface area contributed by atoms with Crippen molar-refractivity contribution in [1.29, 1.82) is 0 Å². The van der Waals surface area contributed by atoms with Gasteiger partial charge in [-0.05, 0) is 63.3 Å². The van der Waals surface area contributed by atoms with Crippen LogP contribution in [0.25, 0.3) is 0 Å². The van der Waals surface area contributed by atoms with Crippen LogP contribution in [-0.2, 0) is 10.0 Å². The molecule has 1 saturated heterocycles. The summed E-state index contributed by atoms with van der Waals surface area (Å²) in [5.41, 5.74) is 0.824. The number of benzene rings is 1. The second kappa shape index (κ2) is 8.40. The average molecular weight is 409 g/mol. The molecule has 1 aliphatic rings. The molecule has 3 rings (SSSR count). The molecule has 2 aromatic rings. The maximum Gasteiger partial charge on any atom is 0.253 e. The number of hydrogen-bond donors (Lipinski definition) is 1. The first-order valence-electron chi connectivity index (χ1n) is 9.25. The van der Waals surface area contributed by atoms with Gasteiger partial charge in [-0.25, -0.2) is 17.5 Å². The molecule has 0 spiro atoms. The summed E-state index contributed by atoms with van der Waals surface area (Å²) in [6.07, 6.45) is 2.31. The first-order chi connectivity index (χ1) is 13.3. The van der Waals surface area contributed by atoms with Crippen LogP contribution in [0.3, 0.4) is 0 Å². The second-order valence-corrected chi connectivity index (χ2v) is 8.79. The van der Waals surface area contributed by atoms with Crippen molar-refractivity contribution in [2.45, 2.75) is 38.0 Å². The molecule has 0 aliphatic carbocycles. The molecule has 1 fully saturated rings. The van der Waals surface area contributed by atoms with E-state index in [4.69, 9.17) is 4.52 Å². The first kappa shape index (κ1) is 20.5. The molecule has 9 heteroatoms. The zero-order valence-corrected chi connectivity index (χ0v) is 16.8. The lowest BCUT2D eigenvalue weighted by Crippen LogP contribution is -2.39. The minimum atomic E-state index is -3.64. The Bertz CT molecular complexity index is 913. The summed E-state index contributed by atoms with van der Waals surface area (Å²) in [5.74, 6) is 0.147. The van der Waals surface area contributed by atoms with Crippen LogP contribution in [0.5, 0.6) is 0 Å². The van der Waals surface area contributed by atoms with Gasteiger partial charge in [0.25, 0.3) is 5.91 Å². The predicted octanol–water partition coefficient (Wildman–Crippen LogP) is 2.65. The molecule has 7 nitrogen and oxygen atoms in total. The van der Waals surface area contributed by atoms with Crippen molar-refractivity contribution in [3.8, 4) is 0 Å². The van der Waals surface area contributed by atoms with Gasteiger partial charge in [-0.15, -0.1) is 0 Å². The molecule has 1 aliphatic heterocycles. The summed E-state index contributed by atoms with van der Waals surface area (Å²) < 4.78 is 45.4. The zero-order valence-electron chi connectivity index (χ0n) is 15.9. The molecule has 0 atom stereocenters. The molecule has 152 valence electrons. The van der Waals surface area contributed by atoms with E-state index in [1.54, 1.807) is 18.7 Å². The SMILES string of the molecule is Cc1noc(C)c1S(=O)(=O)NCCC1CCN(C(=O)c2ccc(F)cc2)CC1. The van der Waals surface area contributed by atoms with Crippen LogP contribution in [0, 0.1) is 25.6 Å². The Morgan fingerprint density at radius 1 is 1.25 bits per heavy atom. The fourth-order valence-electron chi connectivity index (χ4n) is 3.53. The van der Waals surface area contributed by atoms with Crippen molar-refractivity contribution < 1.29 is 22.1 Å². The molecule has 1 N–H and O–H groups in total. The Hall–Kier alpha value is -2.26. The summed E-state index contributed by atoms with van der Waals surface area (Å²) in [5, 5.41) is 3.68. The van der Waals surface area contributed by atoms with Gasteiger partial charge in [0.2, 0.25) is 10.0 Å². The quantitative estimate of drug-likeness (QED) is 0.792. The van der Waals surface area contributed by atoms with E-state index in [1.165, 1.54) is 24.3 Å². The fourth-order valence-corrected chi connectivity index (χ4v) is 4.90. The second-order valence-electron chi connectivity index (χ2n) is 7.08. The molecule has 1 aromatic heterocycles. The standard InChI is InChI=1S/C19H24FN3O4S/c1-13-18(14(2)27-22-13)28(25,26)21-10-7-15-8-11-23(12-9-15)19(24)16-3-5-17(20)6-4-16/h3-6,15,21H,7-12H2,1-2H3. The van der Waals surface area contributed by atoms with Gasteiger partial charge >= 0.3 is 0 Å². The third kappa shape index (κ3) is 4.59. The number of nitrogens with one attached hydrogen (secondary N) is 1. The zero-order chi connectivity index (χ0) is 20.3. The van der Waals surface area contributed by atoms with E-state index >= 15 is 0 Å². The Kier molecular flexibility index (Phi) is 6.14.